The van der Waals surface area contributed by atoms with E-state index in [1.54, 1.807) is 6.92 Å². The number of hydrogen-bond donors (Lipinski definition) is 0. The molecule has 0 radical (unpaired) electrons. The molecule has 0 aromatic rings. The molecule has 0 aromatic carbocycles. The van der Waals surface area contributed by atoms with Crippen molar-refractivity contribution in [3.05, 3.63) is 0 Å². The molecule has 0 rings (SSSR count). The summed E-state index contributed by atoms with van der Waals surface area (Å²) in [6.45, 7) is 1.85. The standard InChI is InChI=1S/C3H8O3S.Cr/c1-3-6-7(2,4)5;/h3H2,1-2H3;. The van der Waals surface area contributed by atoms with Crippen molar-refractivity contribution in [2.45, 2.75) is 6.92 Å². The van der Waals surface area contributed by atoms with Crippen LogP contribution in [0.1, 0.15) is 6.92 Å². The largest absolute Gasteiger partial charge is 0.271 e. The zero-order valence-corrected chi connectivity index (χ0v) is 6.84. The molecule has 0 bridgehead atoms. The quantitative estimate of drug-likeness (QED) is 0.555. The molecule has 0 atom stereocenters. The van der Waals surface area contributed by atoms with Crippen molar-refractivity contribution in [2.75, 3.05) is 12.9 Å². The maximum atomic E-state index is 10.0. The Morgan fingerprint density at radius 1 is 1.50 bits per heavy atom. The summed E-state index contributed by atoms with van der Waals surface area (Å²) >= 11 is 0. The predicted octanol–water partition coefficient (Wildman–Crippen LogP) is -0.0200. The summed E-state index contributed by atoms with van der Waals surface area (Å²) in [6.07, 6.45) is 1.02. The van der Waals surface area contributed by atoms with Gasteiger partial charge in [0.1, 0.15) is 0 Å². The van der Waals surface area contributed by atoms with Gasteiger partial charge in [-0.3, -0.25) is 4.18 Å². The Hall–Kier alpha value is 0.442. The molecular formula is C3H8CrO3S. The van der Waals surface area contributed by atoms with Crippen LogP contribution in [0.2, 0.25) is 0 Å². The first-order valence-corrected chi connectivity index (χ1v) is 3.72. The summed E-state index contributed by atoms with van der Waals surface area (Å²) in [6, 6.07) is 0. The predicted molar refractivity (Wildman–Crippen MR) is 26.5 cm³/mol. The summed E-state index contributed by atoms with van der Waals surface area (Å²) in [5, 5.41) is 0. The van der Waals surface area contributed by atoms with Gasteiger partial charge in [-0.2, -0.15) is 8.42 Å². The Morgan fingerprint density at radius 3 is 1.88 bits per heavy atom. The average molecular weight is 176 g/mol. The summed E-state index contributed by atoms with van der Waals surface area (Å²) in [5.74, 6) is 0. The number of rotatable bonds is 2. The van der Waals surface area contributed by atoms with E-state index in [2.05, 4.69) is 4.18 Å². The molecule has 0 aliphatic carbocycles. The van der Waals surface area contributed by atoms with E-state index in [-0.39, 0.29) is 24.0 Å². The third kappa shape index (κ3) is 9.67. The summed E-state index contributed by atoms with van der Waals surface area (Å²) in [4.78, 5) is 0. The van der Waals surface area contributed by atoms with E-state index in [0.717, 1.165) is 6.26 Å². The zero-order chi connectivity index (χ0) is 5.91. The molecule has 5 heteroatoms. The van der Waals surface area contributed by atoms with Crippen molar-refractivity contribution in [1.29, 1.82) is 0 Å². The third-order valence-corrected chi connectivity index (χ3v) is 0.996. The fraction of sp³-hybridized carbons (Fsp3) is 1.00. The Kier molecular flexibility index (Phi) is 6.10. The fourth-order valence-electron chi connectivity index (χ4n) is 0.214. The fourth-order valence-corrected chi connectivity index (χ4v) is 0.642. The van der Waals surface area contributed by atoms with Gasteiger partial charge < -0.3 is 0 Å². The molecule has 0 saturated carbocycles. The Morgan fingerprint density at radius 2 is 1.88 bits per heavy atom. The second-order valence-electron chi connectivity index (χ2n) is 1.11. The van der Waals surface area contributed by atoms with E-state index in [4.69, 9.17) is 0 Å². The van der Waals surface area contributed by atoms with Crippen LogP contribution in [0.4, 0.5) is 0 Å². The molecule has 8 heavy (non-hydrogen) atoms. The van der Waals surface area contributed by atoms with Gasteiger partial charge in [-0.05, 0) is 6.92 Å². The molecule has 0 fully saturated rings. The van der Waals surface area contributed by atoms with Crippen LogP contribution in [0.25, 0.3) is 0 Å². The van der Waals surface area contributed by atoms with Crippen LogP contribution in [0.3, 0.4) is 0 Å². The zero-order valence-electron chi connectivity index (χ0n) is 4.75. The Balaban J connectivity index is 0. The normalized spacial score (nSPS) is 10.2. The second-order valence-corrected chi connectivity index (χ2v) is 2.75. The number of hydrogen-bond acceptors (Lipinski definition) is 3. The maximum absolute atomic E-state index is 10.0. The SMILES string of the molecule is CCOS(C)(=O)=O.[Cr]. The van der Waals surface area contributed by atoms with Crippen LogP contribution in [0.5, 0.6) is 0 Å². The Labute approximate surface area is 60.3 Å². The van der Waals surface area contributed by atoms with Gasteiger partial charge in [-0.25, -0.2) is 0 Å². The van der Waals surface area contributed by atoms with Gasteiger partial charge in [-0.1, -0.05) is 0 Å². The van der Waals surface area contributed by atoms with Gasteiger partial charge in [0.05, 0.1) is 12.9 Å². The molecule has 3 nitrogen and oxygen atoms in total. The first-order chi connectivity index (χ1) is 3.06. The van der Waals surface area contributed by atoms with Gasteiger partial charge in [-0.15, -0.1) is 0 Å². The van der Waals surface area contributed by atoms with Gasteiger partial charge in [0, 0.05) is 17.4 Å². The molecule has 0 aliphatic rings. The summed E-state index contributed by atoms with van der Waals surface area (Å²) in [5.41, 5.74) is 0. The minimum absolute atomic E-state index is 0. The molecular weight excluding hydrogens is 168 g/mol. The van der Waals surface area contributed by atoms with Crippen LogP contribution in [-0.2, 0) is 31.7 Å². The van der Waals surface area contributed by atoms with Crippen LogP contribution >= 0.6 is 0 Å². The molecule has 0 aliphatic heterocycles. The summed E-state index contributed by atoms with van der Waals surface area (Å²) < 4.78 is 24.2. The van der Waals surface area contributed by atoms with Crippen LogP contribution < -0.4 is 0 Å². The molecule has 0 heterocycles. The van der Waals surface area contributed by atoms with Gasteiger partial charge in [0.25, 0.3) is 10.1 Å². The summed E-state index contributed by atoms with van der Waals surface area (Å²) in [7, 11) is -3.17. The van der Waals surface area contributed by atoms with Crippen molar-refractivity contribution < 1.29 is 30.0 Å². The van der Waals surface area contributed by atoms with E-state index in [1.807, 2.05) is 0 Å². The smallest absolute Gasteiger partial charge is 0.264 e. The molecule has 50 valence electrons. The van der Waals surface area contributed by atoms with Gasteiger partial charge in [0.2, 0.25) is 0 Å². The van der Waals surface area contributed by atoms with Crippen molar-refractivity contribution in [1.82, 2.24) is 0 Å². The van der Waals surface area contributed by atoms with Gasteiger partial charge >= 0.3 is 0 Å². The molecule has 0 N–H and O–H groups in total. The van der Waals surface area contributed by atoms with Crippen molar-refractivity contribution in [3.63, 3.8) is 0 Å². The third-order valence-electron chi connectivity index (χ3n) is 0.332. The van der Waals surface area contributed by atoms with E-state index in [9.17, 15) is 8.42 Å². The average Bonchev–Trinajstić information content (AvgIpc) is 1.30. The molecule has 0 spiro atoms. The van der Waals surface area contributed by atoms with E-state index in [1.165, 1.54) is 0 Å². The van der Waals surface area contributed by atoms with Crippen molar-refractivity contribution in [3.8, 4) is 0 Å². The monoisotopic (exact) mass is 176 g/mol. The first-order valence-electron chi connectivity index (χ1n) is 1.90. The van der Waals surface area contributed by atoms with E-state index in [0.29, 0.717) is 0 Å². The van der Waals surface area contributed by atoms with E-state index < -0.39 is 10.1 Å². The topological polar surface area (TPSA) is 43.4 Å². The Bertz CT molecular complexity index is 127. The molecule has 0 saturated heterocycles. The minimum atomic E-state index is -3.17. The van der Waals surface area contributed by atoms with Crippen LogP contribution in [-0.4, -0.2) is 21.3 Å². The molecule has 0 aromatic heterocycles. The van der Waals surface area contributed by atoms with Crippen LogP contribution in [0.15, 0.2) is 0 Å². The van der Waals surface area contributed by atoms with Crippen molar-refractivity contribution >= 4 is 10.1 Å². The van der Waals surface area contributed by atoms with Gasteiger partial charge in [0.15, 0.2) is 0 Å². The van der Waals surface area contributed by atoms with E-state index >= 15 is 0 Å². The first kappa shape index (κ1) is 11.3. The second kappa shape index (κ2) is 4.33. The maximum Gasteiger partial charge on any atom is 0.264 e. The molecule has 0 amide bonds. The molecule has 0 unspecified atom stereocenters. The van der Waals surface area contributed by atoms with Crippen molar-refractivity contribution in [2.24, 2.45) is 0 Å². The minimum Gasteiger partial charge on any atom is -0.271 e. The van der Waals surface area contributed by atoms with Crippen LogP contribution in [0, 0.1) is 0 Å².